The van der Waals surface area contributed by atoms with Gasteiger partial charge in [-0.1, -0.05) is 12.1 Å². The number of nitrogens with zero attached hydrogens (tertiary/aromatic N) is 1. The quantitative estimate of drug-likeness (QED) is 0.635. The molecular formula is C23H21N3O3. The lowest BCUT2D eigenvalue weighted by molar-refractivity contribution is 0.100. The van der Waals surface area contributed by atoms with Crippen LogP contribution in [-0.4, -0.2) is 22.6 Å². The molecule has 0 fully saturated rings. The minimum absolute atomic E-state index is 0.0490. The van der Waals surface area contributed by atoms with E-state index < -0.39 is 11.8 Å². The van der Waals surface area contributed by atoms with E-state index in [2.05, 4.69) is 15.6 Å². The van der Waals surface area contributed by atoms with Gasteiger partial charge in [-0.3, -0.25) is 14.4 Å². The number of aromatic nitrogens is 1. The van der Waals surface area contributed by atoms with Gasteiger partial charge in [-0.15, -0.1) is 0 Å². The first kappa shape index (κ1) is 19.9. The molecule has 0 aliphatic heterocycles. The Morgan fingerprint density at radius 1 is 0.724 bits per heavy atom. The number of ketones is 1. The molecule has 6 heteroatoms. The van der Waals surface area contributed by atoms with Crippen LogP contribution in [0.5, 0.6) is 0 Å². The Labute approximate surface area is 169 Å². The lowest BCUT2D eigenvalue weighted by Gasteiger charge is -2.09. The van der Waals surface area contributed by atoms with E-state index >= 15 is 0 Å². The zero-order valence-corrected chi connectivity index (χ0v) is 16.4. The number of amides is 2. The second kappa shape index (κ2) is 8.48. The van der Waals surface area contributed by atoms with Crippen LogP contribution in [0.1, 0.15) is 49.4 Å². The minimum atomic E-state index is -0.443. The van der Waals surface area contributed by atoms with Crippen molar-refractivity contribution in [2.75, 3.05) is 10.6 Å². The molecule has 0 aliphatic carbocycles. The molecule has 0 saturated heterocycles. The summed E-state index contributed by atoms with van der Waals surface area (Å²) >= 11 is 0. The van der Waals surface area contributed by atoms with Gasteiger partial charge in [0.15, 0.2) is 5.78 Å². The molecule has 0 bridgehead atoms. The summed E-state index contributed by atoms with van der Waals surface area (Å²) in [7, 11) is 0. The highest BCUT2D eigenvalue weighted by atomic mass is 16.2. The molecule has 0 aliphatic rings. The second-order valence-corrected chi connectivity index (χ2v) is 6.75. The predicted molar refractivity (Wildman–Crippen MR) is 113 cm³/mol. The number of hydrogen-bond donors (Lipinski definition) is 2. The smallest absolute Gasteiger partial charge is 0.274 e. The molecule has 0 spiro atoms. The van der Waals surface area contributed by atoms with Crippen molar-refractivity contribution in [2.45, 2.75) is 20.8 Å². The van der Waals surface area contributed by atoms with Crippen LogP contribution in [-0.2, 0) is 0 Å². The second-order valence-electron chi connectivity index (χ2n) is 6.75. The highest BCUT2D eigenvalue weighted by molar-refractivity contribution is 6.06. The first-order chi connectivity index (χ1) is 13.8. The highest BCUT2D eigenvalue weighted by Crippen LogP contribution is 2.15. The van der Waals surface area contributed by atoms with Gasteiger partial charge in [0, 0.05) is 16.9 Å². The Morgan fingerprint density at radius 3 is 1.83 bits per heavy atom. The number of aryl methyl sites for hydroxylation is 2. The van der Waals surface area contributed by atoms with E-state index in [-0.39, 0.29) is 17.2 Å². The van der Waals surface area contributed by atoms with Crippen molar-refractivity contribution >= 4 is 29.0 Å². The van der Waals surface area contributed by atoms with Crippen molar-refractivity contribution in [1.29, 1.82) is 0 Å². The van der Waals surface area contributed by atoms with Crippen LogP contribution >= 0.6 is 0 Å². The zero-order chi connectivity index (χ0) is 21.0. The maximum Gasteiger partial charge on any atom is 0.274 e. The average molecular weight is 387 g/mol. The maximum absolute atomic E-state index is 12.5. The number of anilines is 2. The van der Waals surface area contributed by atoms with E-state index in [1.54, 1.807) is 36.4 Å². The Kier molecular flexibility index (Phi) is 5.83. The van der Waals surface area contributed by atoms with Crippen molar-refractivity contribution in [1.82, 2.24) is 4.98 Å². The fourth-order valence-electron chi connectivity index (χ4n) is 2.69. The van der Waals surface area contributed by atoms with Gasteiger partial charge in [0.2, 0.25) is 0 Å². The van der Waals surface area contributed by atoms with Crippen molar-refractivity contribution in [3.63, 3.8) is 0 Å². The number of nitrogens with one attached hydrogen (secondary N) is 2. The number of carbonyl (C=O) groups is 3. The zero-order valence-electron chi connectivity index (χ0n) is 16.4. The fourth-order valence-corrected chi connectivity index (χ4v) is 2.69. The van der Waals surface area contributed by atoms with E-state index in [0.29, 0.717) is 16.9 Å². The first-order valence-corrected chi connectivity index (χ1v) is 9.11. The van der Waals surface area contributed by atoms with Crippen LogP contribution in [0.25, 0.3) is 0 Å². The number of carbonyl (C=O) groups excluding carboxylic acids is 3. The molecule has 1 aromatic heterocycles. The predicted octanol–water partition coefficient (Wildman–Crippen LogP) is 4.41. The molecule has 0 unspecified atom stereocenters. The largest absolute Gasteiger partial charge is 0.321 e. The van der Waals surface area contributed by atoms with Crippen LogP contribution in [0.4, 0.5) is 11.4 Å². The Bertz CT molecular complexity index is 1090. The van der Waals surface area contributed by atoms with Gasteiger partial charge < -0.3 is 10.6 Å². The van der Waals surface area contributed by atoms with Gasteiger partial charge in [-0.2, -0.15) is 0 Å². The third-order valence-corrected chi connectivity index (χ3v) is 4.53. The van der Waals surface area contributed by atoms with Crippen molar-refractivity contribution < 1.29 is 14.4 Å². The summed E-state index contributed by atoms with van der Waals surface area (Å²) in [4.78, 5) is 40.5. The van der Waals surface area contributed by atoms with Gasteiger partial charge in [0.05, 0.1) is 0 Å². The van der Waals surface area contributed by atoms with Crippen molar-refractivity contribution in [3.8, 4) is 0 Å². The lowest BCUT2D eigenvalue weighted by Crippen LogP contribution is -2.18. The molecule has 1 heterocycles. The standard InChI is InChI=1S/C23H21N3O3/c1-14-7-10-19(13-15(14)2)25-23(29)21-6-4-5-20(26-21)22(28)24-18-11-8-17(9-12-18)16(3)27/h4-13H,1-3H3,(H,24,28)(H,25,29). The number of rotatable bonds is 5. The molecule has 146 valence electrons. The van der Waals surface area contributed by atoms with Gasteiger partial charge >= 0.3 is 0 Å². The molecule has 2 N–H and O–H groups in total. The van der Waals surface area contributed by atoms with Gasteiger partial charge in [0.25, 0.3) is 11.8 Å². The number of hydrogen-bond acceptors (Lipinski definition) is 4. The molecule has 0 atom stereocenters. The van der Waals surface area contributed by atoms with Gasteiger partial charge in [0.1, 0.15) is 11.4 Å². The van der Waals surface area contributed by atoms with Crippen LogP contribution in [0, 0.1) is 13.8 Å². The van der Waals surface area contributed by atoms with Crippen molar-refractivity contribution in [2.24, 2.45) is 0 Å². The molecule has 2 aromatic carbocycles. The van der Waals surface area contributed by atoms with Crippen molar-refractivity contribution in [3.05, 3.63) is 88.7 Å². The summed E-state index contributed by atoms with van der Waals surface area (Å²) in [5.74, 6) is -0.887. The Hall–Kier alpha value is -3.80. The summed E-state index contributed by atoms with van der Waals surface area (Å²) < 4.78 is 0. The molecule has 29 heavy (non-hydrogen) atoms. The van der Waals surface area contributed by atoms with Crippen LogP contribution in [0.2, 0.25) is 0 Å². The summed E-state index contributed by atoms with van der Waals surface area (Å²) in [6.07, 6.45) is 0. The molecule has 2 amide bonds. The van der Waals surface area contributed by atoms with E-state index in [1.807, 2.05) is 32.0 Å². The summed E-state index contributed by atoms with van der Waals surface area (Å²) in [6.45, 7) is 5.45. The Morgan fingerprint density at radius 2 is 1.28 bits per heavy atom. The van der Waals surface area contributed by atoms with Crippen LogP contribution in [0.15, 0.2) is 60.7 Å². The number of benzene rings is 2. The minimum Gasteiger partial charge on any atom is -0.321 e. The maximum atomic E-state index is 12.5. The van der Waals surface area contributed by atoms with Crippen LogP contribution < -0.4 is 10.6 Å². The van der Waals surface area contributed by atoms with E-state index in [4.69, 9.17) is 0 Å². The summed E-state index contributed by atoms with van der Waals surface area (Å²) in [6, 6.07) is 16.9. The van der Waals surface area contributed by atoms with E-state index in [1.165, 1.54) is 13.0 Å². The normalized spacial score (nSPS) is 10.3. The molecule has 3 rings (SSSR count). The monoisotopic (exact) mass is 387 g/mol. The lowest BCUT2D eigenvalue weighted by atomic mass is 10.1. The molecular weight excluding hydrogens is 366 g/mol. The highest BCUT2D eigenvalue weighted by Gasteiger charge is 2.13. The fraction of sp³-hybridized carbons (Fsp3) is 0.130. The molecule has 3 aromatic rings. The van der Waals surface area contributed by atoms with Crippen LogP contribution in [0.3, 0.4) is 0 Å². The number of pyridine rings is 1. The van der Waals surface area contributed by atoms with Gasteiger partial charge in [-0.25, -0.2) is 4.98 Å². The molecule has 0 radical (unpaired) electrons. The number of Topliss-reactive ketones (excluding diaryl/α,β-unsaturated/α-hetero) is 1. The van der Waals surface area contributed by atoms with Gasteiger partial charge in [-0.05, 0) is 80.4 Å². The van der Waals surface area contributed by atoms with E-state index in [9.17, 15) is 14.4 Å². The summed E-state index contributed by atoms with van der Waals surface area (Å²) in [5.41, 5.74) is 4.23. The summed E-state index contributed by atoms with van der Waals surface area (Å²) in [5, 5.41) is 5.50. The SMILES string of the molecule is CC(=O)c1ccc(NC(=O)c2cccc(C(=O)Nc3ccc(C)c(C)c3)n2)cc1. The molecule has 6 nitrogen and oxygen atoms in total. The molecule has 0 saturated carbocycles. The topological polar surface area (TPSA) is 88.2 Å². The average Bonchev–Trinajstić information content (AvgIpc) is 2.71. The third-order valence-electron chi connectivity index (χ3n) is 4.53. The Balaban J connectivity index is 1.72. The third kappa shape index (κ3) is 4.93. The first-order valence-electron chi connectivity index (χ1n) is 9.11. The van der Waals surface area contributed by atoms with E-state index in [0.717, 1.165) is 11.1 Å².